The van der Waals surface area contributed by atoms with Crippen LogP contribution in [0.15, 0.2) is 66.9 Å². The molecule has 0 spiro atoms. The Morgan fingerprint density at radius 2 is 1.57 bits per heavy atom. The number of carbonyl (C=O) groups is 2. The lowest BCUT2D eigenvalue weighted by atomic mass is 9.88. The molecule has 0 atom stereocenters. The second-order valence-electron chi connectivity index (χ2n) is 15.5. The summed E-state index contributed by atoms with van der Waals surface area (Å²) in [4.78, 5) is 33.4. The number of nitrogens with one attached hydrogen (secondary N) is 2. The van der Waals surface area contributed by atoms with E-state index in [4.69, 9.17) is 0 Å². The lowest BCUT2D eigenvalue weighted by Crippen LogP contribution is -2.49. The molecule has 2 aromatic heterocycles. The van der Waals surface area contributed by atoms with E-state index in [1.807, 2.05) is 18.2 Å². The van der Waals surface area contributed by atoms with Crippen molar-refractivity contribution >= 4 is 50.8 Å². The fourth-order valence-electron chi connectivity index (χ4n) is 9.47. The number of rotatable bonds is 7. The van der Waals surface area contributed by atoms with Gasteiger partial charge in [0.2, 0.25) is 5.91 Å². The number of nitriles is 1. The van der Waals surface area contributed by atoms with Gasteiger partial charge in [-0.15, -0.1) is 0 Å². The van der Waals surface area contributed by atoms with Crippen LogP contribution in [0.4, 0.5) is 26.2 Å². The van der Waals surface area contributed by atoms with Gasteiger partial charge in [0, 0.05) is 82.1 Å². The number of amides is 3. The summed E-state index contributed by atoms with van der Waals surface area (Å²) in [6, 6.07) is 22.8. The van der Waals surface area contributed by atoms with Crippen molar-refractivity contribution in [1.29, 1.82) is 5.26 Å². The van der Waals surface area contributed by atoms with Crippen LogP contribution in [0.2, 0.25) is 0 Å². The maximum Gasteiger partial charge on any atom is 0.328 e. The topological polar surface area (TPSA) is 117 Å². The largest absolute Gasteiger partial charge is 0.372 e. The zero-order valence-corrected chi connectivity index (χ0v) is 30.5. The zero-order chi connectivity index (χ0) is 36.8. The van der Waals surface area contributed by atoms with Crippen molar-refractivity contribution in [2.45, 2.75) is 56.9 Å². The summed E-state index contributed by atoms with van der Waals surface area (Å²) in [5.41, 5.74) is 6.33. The van der Waals surface area contributed by atoms with E-state index in [1.54, 1.807) is 11.0 Å². The highest BCUT2D eigenvalue weighted by atomic mass is 19.1. The van der Waals surface area contributed by atoms with Crippen molar-refractivity contribution in [3.05, 3.63) is 83.9 Å². The van der Waals surface area contributed by atoms with E-state index in [2.05, 4.69) is 77.4 Å². The smallest absolute Gasteiger partial charge is 0.328 e. The van der Waals surface area contributed by atoms with E-state index < -0.39 is 5.82 Å². The molecule has 278 valence electrons. The quantitative estimate of drug-likeness (QED) is 0.187. The van der Waals surface area contributed by atoms with Gasteiger partial charge in [-0.05, 0) is 98.4 Å². The Morgan fingerprint density at radius 3 is 2.31 bits per heavy atom. The molecular formula is C42H46FN9O2. The van der Waals surface area contributed by atoms with Crippen LogP contribution in [-0.2, 0) is 4.79 Å². The van der Waals surface area contributed by atoms with Gasteiger partial charge in [0.05, 0.1) is 27.8 Å². The summed E-state index contributed by atoms with van der Waals surface area (Å²) in [5, 5.41) is 20.1. The van der Waals surface area contributed by atoms with E-state index in [9.17, 15) is 19.2 Å². The number of urea groups is 1. The van der Waals surface area contributed by atoms with Crippen molar-refractivity contribution in [3.63, 3.8) is 0 Å². The van der Waals surface area contributed by atoms with Crippen molar-refractivity contribution in [2.75, 3.05) is 67.1 Å². The summed E-state index contributed by atoms with van der Waals surface area (Å²) in [5.74, 6) is 0.578. The van der Waals surface area contributed by atoms with Crippen molar-refractivity contribution in [1.82, 2.24) is 25.0 Å². The molecule has 5 aromatic rings. The summed E-state index contributed by atoms with van der Waals surface area (Å²) in [6.45, 7) is 7.69. The van der Waals surface area contributed by atoms with Gasteiger partial charge in [0.15, 0.2) is 5.69 Å². The molecule has 11 nitrogen and oxygen atoms in total. The Hall–Kier alpha value is -5.41. The molecular weight excluding hydrogens is 682 g/mol. The number of aromatic nitrogens is 3. The number of anilines is 3. The van der Waals surface area contributed by atoms with E-state index in [0.29, 0.717) is 30.4 Å². The molecule has 0 bridgehead atoms. The number of benzene rings is 3. The Bertz CT molecular complexity index is 2220. The van der Waals surface area contributed by atoms with Crippen LogP contribution in [0.3, 0.4) is 0 Å². The van der Waals surface area contributed by atoms with Gasteiger partial charge in [-0.2, -0.15) is 10.4 Å². The predicted octanol–water partition coefficient (Wildman–Crippen LogP) is 6.91. The van der Waals surface area contributed by atoms with Gasteiger partial charge in [-0.25, -0.2) is 9.18 Å². The molecule has 4 saturated heterocycles. The van der Waals surface area contributed by atoms with E-state index in [1.165, 1.54) is 36.7 Å². The third kappa shape index (κ3) is 6.44. The lowest BCUT2D eigenvalue weighted by Gasteiger charge is -2.39. The Labute approximate surface area is 314 Å². The minimum atomic E-state index is -0.415. The van der Waals surface area contributed by atoms with Gasteiger partial charge < -0.3 is 19.3 Å². The molecule has 12 heteroatoms. The number of fused-ring (bicyclic) bond motifs is 2. The maximum atomic E-state index is 14.5. The Kier molecular flexibility index (Phi) is 9.19. The molecule has 0 saturated carbocycles. The van der Waals surface area contributed by atoms with Crippen molar-refractivity contribution in [3.8, 4) is 6.07 Å². The number of H-pyrrole nitrogens is 1. The fraction of sp³-hybridized carbons (Fsp3) is 0.429. The second kappa shape index (κ2) is 14.4. The number of likely N-dealkylation sites (tertiary alicyclic amines) is 1. The molecule has 4 aliphatic rings. The number of halogens is 1. The Balaban J connectivity index is 0.744. The standard InChI is InChI=1S/C42H46FN9O2/c43-34-8-9-38(41-40(34)35(26-44)46-47-41)50-22-12-30(13-23-50)29-4-6-31(7-5-29)49-20-10-28(11-21-49)27-48-18-14-32(15-19-48)51-24-16-33-36(51)2-1-3-37(33)52-25-17-39(53)45-42(52)54/h1-9,16,24,28,30,32H,10-15,17-23,25,27H2,(H,46,47)(H,45,53,54). The Morgan fingerprint density at radius 1 is 0.815 bits per heavy atom. The molecule has 3 aromatic carbocycles. The van der Waals surface area contributed by atoms with Gasteiger partial charge >= 0.3 is 6.03 Å². The number of hydrogen-bond donors (Lipinski definition) is 2. The zero-order valence-electron chi connectivity index (χ0n) is 30.5. The van der Waals surface area contributed by atoms with E-state index in [-0.39, 0.29) is 23.0 Å². The minimum absolute atomic E-state index is 0.104. The molecule has 6 heterocycles. The average Bonchev–Trinajstić information content (AvgIpc) is 3.85. The molecule has 3 amide bonds. The highest BCUT2D eigenvalue weighted by molar-refractivity contribution is 6.09. The first-order valence-electron chi connectivity index (χ1n) is 19.5. The van der Waals surface area contributed by atoms with Gasteiger partial charge in [-0.1, -0.05) is 18.2 Å². The number of carbonyl (C=O) groups excluding carboxylic acids is 2. The summed E-state index contributed by atoms with van der Waals surface area (Å²) >= 11 is 0. The van der Waals surface area contributed by atoms with Crippen molar-refractivity contribution in [2.24, 2.45) is 5.92 Å². The molecule has 0 unspecified atom stereocenters. The minimum Gasteiger partial charge on any atom is -0.372 e. The third-order valence-corrected chi connectivity index (χ3v) is 12.5. The fourth-order valence-corrected chi connectivity index (χ4v) is 9.47. The first kappa shape index (κ1) is 34.4. The highest BCUT2D eigenvalue weighted by Gasteiger charge is 2.29. The van der Waals surface area contributed by atoms with Crippen LogP contribution in [0.1, 0.15) is 68.2 Å². The van der Waals surface area contributed by atoms with Crippen LogP contribution in [0.25, 0.3) is 21.8 Å². The first-order valence-corrected chi connectivity index (χ1v) is 19.5. The number of imide groups is 1. The van der Waals surface area contributed by atoms with Gasteiger partial charge in [0.1, 0.15) is 11.9 Å². The summed E-state index contributed by atoms with van der Waals surface area (Å²) in [7, 11) is 0. The molecule has 0 radical (unpaired) electrons. The van der Waals surface area contributed by atoms with Gasteiger partial charge in [-0.3, -0.25) is 20.1 Å². The third-order valence-electron chi connectivity index (χ3n) is 12.5. The molecule has 4 aliphatic heterocycles. The molecule has 54 heavy (non-hydrogen) atoms. The van der Waals surface area contributed by atoms with Crippen LogP contribution in [-0.4, -0.2) is 84.0 Å². The lowest BCUT2D eigenvalue weighted by molar-refractivity contribution is -0.120. The number of hydrogen-bond acceptors (Lipinski definition) is 7. The van der Waals surface area contributed by atoms with Crippen molar-refractivity contribution < 1.29 is 14.0 Å². The number of nitrogens with zero attached hydrogens (tertiary/aromatic N) is 7. The predicted molar refractivity (Wildman–Crippen MR) is 208 cm³/mol. The maximum absolute atomic E-state index is 14.5. The number of aromatic amines is 1. The highest BCUT2D eigenvalue weighted by Crippen LogP contribution is 2.37. The summed E-state index contributed by atoms with van der Waals surface area (Å²) in [6.07, 6.45) is 9.18. The second-order valence-corrected chi connectivity index (χ2v) is 15.5. The van der Waals surface area contributed by atoms with Gasteiger partial charge in [0.25, 0.3) is 0 Å². The molecule has 9 rings (SSSR count). The summed E-state index contributed by atoms with van der Waals surface area (Å²) < 4.78 is 16.9. The van der Waals surface area contributed by atoms with Crippen LogP contribution in [0, 0.1) is 23.1 Å². The molecule has 4 fully saturated rings. The normalized spacial score (nSPS) is 19.9. The van der Waals surface area contributed by atoms with Crippen LogP contribution < -0.4 is 20.0 Å². The first-order chi connectivity index (χ1) is 26.4. The number of piperidine rings is 3. The molecule has 2 N–H and O–H groups in total. The van der Waals surface area contributed by atoms with Crippen LogP contribution in [0.5, 0.6) is 0 Å². The monoisotopic (exact) mass is 727 g/mol. The average molecular weight is 728 g/mol. The SMILES string of the molecule is N#Cc1n[nH]c2c(N3CCC(c4ccc(N5CCC(CN6CCC(n7ccc8c(N9CCC(=O)NC9=O)cccc87)CC6)CC5)cc4)CC3)ccc(F)c12. The van der Waals surface area contributed by atoms with E-state index >= 15 is 0 Å². The van der Waals surface area contributed by atoms with E-state index in [0.717, 1.165) is 93.1 Å². The molecule has 0 aliphatic carbocycles. The van der Waals surface area contributed by atoms with Crippen LogP contribution >= 0.6 is 0 Å².